The second kappa shape index (κ2) is 6.88. The minimum atomic E-state index is 0.154. The van der Waals surface area contributed by atoms with Gasteiger partial charge in [-0.1, -0.05) is 13.8 Å². The van der Waals surface area contributed by atoms with Crippen LogP contribution >= 0.6 is 0 Å². The molecule has 0 bridgehead atoms. The molecule has 3 nitrogen and oxygen atoms in total. The van der Waals surface area contributed by atoms with E-state index in [1.807, 2.05) is 0 Å². The van der Waals surface area contributed by atoms with E-state index in [0.717, 1.165) is 25.9 Å². The van der Waals surface area contributed by atoms with Crippen LogP contribution < -0.4 is 5.32 Å². The lowest BCUT2D eigenvalue weighted by atomic mass is 9.90. The van der Waals surface area contributed by atoms with E-state index in [9.17, 15) is 0 Å². The first-order chi connectivity index (χ1) is 6.12. The van der Waals surface area contributed by atoms with Crippen LogP contribution in [-0.2, 0) is 0 Å². The standard InChI is InChI=1S/C10H20N2O/c1-10(2,5-8-13)9-12-7-4-3-6-11/h12-13H,3-5,7-9H2,1-2H3. The third-order valence-corrected chi connectivity index (χ3v) is 2.03. The Labute approximate surface area is 80.8 Å². The molecule has 0 heterocycles. The van der Waals surface area contributed by atoms with Crippen molar-refractivity contribution in [2.75, 3.05) is 19.7 Å². The van der Waals surface area contributed by atoms with Crippen LogP contribution in [0.3, 0.4) is 0 Å². The first-order valence-corrected chi connectivity index (χ1v) is 4.81. The second-order valence-electron chi connectivity index (χ2n) is 4.08. The zero-order chi connectivity index (χ0) is 10.2. The molecule has 0 spiro atoms. The van der Waals surface area contributed by atoms with Gasteiger partial charge in [0.1, 0.15) is 0 Å². The van der Waals surface area contributed by atoms with Gasteiger partial charge in [-0.25, -0.2) is 0 Å². The van der Waals surface area contributed by atoms with Crippen molar-refractivity contribution < 1.29 is 5.11 Å². The lowest BCUT2D eigenvalue weighted by Gasteiger charge is -2.23. The lowest BCUT2D eigenvalue weighted by Crippen LogP contribution is -2.30. The van der Waals surface area contributed by atoms with Gasteiger partial charge in [0.25, 0.3) is 0 Å². The fraction of sp³-hybridized carbons (Fsp3) is 0.900. The summed E-state index contributed by atoms with van der Waals surface area (Å²) in [7, 11) is 0. The molecule has 13 heavy (non-hydrogen) atoms. The summed E-state index contributed by atoms with van der Waals surface area (Å²) >= 11 is 0. The fourth-order valence-electron chi connectivity index (χ4n) is 1.11. The molecule has 76 valence electrons. The number of nitrogens with one attached hydrogen (secondary N) is 1. The predicted octanol–water partition coefficient (Wildman–Crippen LogP) is 1.29. The van der Waals surface area contributed by atoms with Crippen molar-refractivity contribution in [3.05, 3.63) is 0 Å². The van der Waals surface area contributed by atoms with Crippen LogP contribution in [0.1, 0.15) is 33.1 Å². The normalized spacial score (nSPS) is 11.2. The quantitative estimate of drug-likeness (QED) is 0.586. The number of hydrogen-bond donors (Lipinski definition) is 2. The van der Waals surface area contributed by atoms with Crippen LogP contribution in [0.25, 0.3) is 0 Å². The summed E-state index contributed by atoms with van der Waals surface area (Å²) in [5.74, 6) is 0. The Morgan fingerprint density at radius 1 is 1.46 bits per heavy atom. The molecular weight excluding hydrogens is 164 g/mol. The van der Waals surface area contributed by atoms with E-state index < -0.39 is 0 Å². The molecule has 0 amide bonds. The number of nitriles is 1. The number of aliphatic hydroxyl groups excluding tert-OH is 1. The van der Waals surface area contributed by atoms with Gasteiger partial charge in [-0.15, -0.1) is 0 Å². The maximum absolute atomic E-state index is 8.77. The maximum atomic E-state index is 8.77. The molecule has 0 unspecified atom stereocenters. The Morgan fingerprint density at radius 3 is 2.69 bits per heavy atom. The summed E-state index contributed by atoms with van der Waals surface area (Å²) in [5, 5.41) is 20.4. The summed E-state index contributed by atoms with van der Waals surface area (Å²) in [5.41, 5.74) is 0.154. The van der Waals surface area contributed by atoms with Crippen LogP contribution in [0, 0.1) is 16.7 Å². The Balaban J connectivity index is 3.36. The highest BCUT2D eigenvalue weighted by molar-refractivity contribution is 4.73. The fourth-order valence-corrected chi connectivity index (χ4v) is 1.11. The Kier molecular flexibility index (Phi) is 6.56. The monoisotopic (exact) mass is 184 g/mol. The zero-order valence-electron chi connectivity index (χ0n) is 8.64. The number of hydrogen-bond acceptors (Lipinski definition) is 3. The molecule has 0 aromatic heterocycles. The topological polar surface area (TPSA) is 56.0 Å². The Morgan fingerprint density at radius 2 is 2.15 bits per heavy atom. The van der Waals surface area contributed by atoms with Crippen molar-refractivity contribution in [3.8, 4) is 6.07 Å². The van der Waals surface area contributed by atoms with Crippen LogP contribution in [0.4, 0.5) is 0 Å². The van der Waals surface area contributed by atoms with Crippen molar-refractivity contribution in [3.63, 3.8) is 0 Å². The largest absolute Gasteiger partial charge is 0.396 e. The molecule has 0 atom stereocenters. The molecule has 3 heteroatoms. The molecule has 2 N–H and O–H groups in total. The summed E-state index contributed by atoms with van der Waals surface area (Å²) < 4.78 is 0. The van der Waals surface area contributed by atoms with Gasteiger partial charge in [-0.2, -0.15) is 5.26 Å². The summed E-state index contributed by atoms with van der Waals surface area (Å²) in [4.78, 5) is 0. The second-order valence-corrected chi connectivity index (χ2v) is 4.08. The molecule has 0 saturated carbocycles. The first-order valence-electron chi connectivity index (χ1n) is 4.81. The van der Waals surface area contributed by atoms with Gasteiger partial charge >= 0.3 is 0 Å². The van der Waals surface area contributed by atoms with Gasteiger partial charge < -0.3 is 10.4 Å². The number of rotatable bonds is 7. The smallest absolute Gasteiger partial charge is 0.0622 e. The van der Waals surface area contributed by atoms with Gasteiger partial charge in [-0.05, 0) is 24.8 Å². The van der Waals surface area contributed by atoms with E-state index >= 15 is 0 Å². The molecule has 0 fully saturated rings. The highest BCUT2D eigenvalue weighted by Gasteiger charge is 2.15. The van der Waals surface area contributed by atoms with Gasteiger partial charge in [0, 0.05) is 19.6 Å². The molecule has 0 aromatic carbocycles. The Hall–Kier alpha value is -0.590. The average molecular weight is 184 g/mol. The van der Waals surface area contributed by atoms with Crippen molar-refractivity contribution >= 4 is 0 Å². The van der Waals surface area contributed by atoms with E-state index in [-0.39, 0.29) is 12.0 Å². The molecule has 0 aromatic rings. The minimum Gasteiger partial charge on any atom is -0.396 e. The van der Waals surface area contributed by atoms with Crippen molar-refractivity contribution in [2.45, 2.75) is 33.1 Å². The zero-order valence-corrected chi connectivity index (χ0v) is 8.64. The number of nitrogens with zero attached hydrogens (tertiary/aromatic N) is 1. The number of unbranched alkanes of at least 4 members (excludes halogenated alkanes) is 1. The highest BCUT2D eigenvalue weighted by atomic mass is 16.3. The molecule has 0 rings (SSSR count). The van der Waals surface area contributed by atoms with Gasteiger partial charge in [0.05, 0.1) is 6.07 Å². The van der Waals surface area contributed by atoms with Crippen LogP contribution in [0.15, 0.2) is 0 Å². The van der Waals surface area contributed by atoms with Crippen LogP contribution in [-0.4, -0.2) is 24.8 Å². The third kappa shape index (κ3) is 7.76. The number of aliphatic hydroxyl groups is 1. The lowest BCUT2D eigenvalue weighted by molar-refractivity contribution is 0.207. The van der Waals surface area contributed by atoms with Gasteiger partial charge in [0.2, 0.25) is 0 Å². The summed E-state index contributed by atoms with van der Waals surface area (Å²) in [6.07, 6.45) is 2.34. The van der Waals surface area contributed by atoms with E-state index in [2.05, 4.69) is 25.2 Å². The molecule has 0 aliphatic rings. The third-order valence-electron chi connectivity index (χ3n) is 2.03. The van der Waals surface area contributed by atoms with Crippen LogP contribution in [0.2, 0.25) is 0 Å². The molecule has 0 aliphatic heterocycles. The molecular formula is C10H20N2O. The van der Waals surface area contributed by atoms with Crippen molar-refractivity contribution in [2.24, 2.45) is 5.41 Å². The predicted molar refractivity (Wildman–Crippen MR) is 53.2 cm³/mol. The SMILES string of the molecule is CC(C)(CCO)CNCCCC#N. The van der Waals surface area contributed by atoms with Gasteiger partial charge in [0.15, 0.2) is 0 Å². The van der Waals surface area contributed by atoms with E-state index in [4.69, 9.17) is 10.4 Å². The van der Waals surface area contributed by atoms with Crippen molar-refractivity contribution in [1.82, 2.24) is 5.32 Å². The molecule has 0 radical (unpaired) electrons. The maximum Gasteiger partial charge on any atom is 0.0622 e. The Bertz CT molecular complexity index is 161. The average Bonchev–Trinajstić information content (AvgIpc) is 2.04. The molecule has 0 aliphatic carbocycles. The van der Waals surface area contributed by atoms with E-state index in [1.54, 1.807) is 0 Å². The van der Waals surface area contributed by atoms with Crippen LogP contribution in [0.5, 0.6) is 0 Å². The minimum absolute atomic E-state index is 0.154. The summed E-state index contributed by atoms with van der Waals surface area (Å²) in [6, 6.07) is 2.11. The summed E-state index contributed by atoms with van der Waals surface area (Å²) in [6.45, 7) is 6.29. The van der Waals surface area contributed by atoms with Gasteiger partial charge in [-0.3, -0.25) is 0 Å². The first kappa shape index (κ1) is 12.4. The van der Waals surface area contributed by atoms with Crippen molar-refractivity contribution in [1.29, 1.82) is 5.26 Å². The van der Waals surface area contributed by atoms with E-state index in [0.29, 0.717) is 6.42 Å². The van der Waals surface area contributed by atoms with E-state index in [1.165, 1.54) is 0 Å². The highest BCUT2D eigenvalue weighted by Crippen LogP contribution is 2.17. The molecule has 0 saturated heterocycles.